The summed E-state index contributed by atoms with van der Waals surface area (Å²) in [6.07, 6.45) is 5.51. The van der Waals surface area contributed by atoms with Gasteiger partial charge >= 0.3 is 6.03 Å². The minimum atomic E-state index is -0.147. The van der Waals surface area contributed by atoms with Crippen molar-refractivity contribution in [3.8, 4) is 0 Å². The highest BCUT2D eigenvalue weighted by Gasteiger charge is 2.42. The second kappa shape index (κ2) is 6.47. The maximum atomic E-state index is 12.2. The Morgan fingerprint density at radius 2 is 2.00 bits per heavy atom. The first-order chi connectivity index (χ1) is 10.6. The molecule has 120 valence electrons. The van der Waals surface area contributed by atoms with Gasteiger partial charge in [0.05, 0.1) is 12.6 Å². The maximum absolute atomic E-state index is 12.2. The average molecular weight is 323 g/mol. The molecule has 2 amide bonds. The summed E-state index contributed by atoms with van der Waals surface area (Å²) in [5.74, 6) is 0.500. The Kier molecular flexibility index (Phi) is 4.59. The number of carbonyl (C=O) groups is 1. The fourth-order valence-corrected chi connectivity index (χ4v) is 3.07. The van der Waals surface area contributed by atoms with E-state index >= 15 is 0 Å². The van der Waals surface area contributed by atoms with Crippen LogP contribution in [0.15, 0.2) is 24.3 Å². The second-order valence-corrected chi connectivity index (χ2v) is 7.14. The molecular weight excluding hydrogens is 300 g/mol. The molecule has 1 atom stereocenters. The van der Waals surface area contributed by atoms with Crippen molar-refractivity contribution in [1.29, 1.82) is 0 Å². The summed E-state index contributed by atoms with van der Waals surface area (Å²) in [5.41, 5.74) is 1.04. The van der Waals surface area contributed by atoms with Gasteiger partial charge in [-0.15, -0.1) is 0 Å². The summed E-state index contributed by atoms with van der Waals surface area (Å²) in [6.45, 7) is 0.698. The molecule has 1 aromatic rings. The number of benzene rings is 1. The van der Waals surface area contributed by atoms with Crippen LogP contribution in [0.5, 0.6) is 0 Å². The summed E-state index contributed by atoms with van der Waals surface area (Å²) < 4.78 is 0. The van der Waals surface area contributed by atoms with Gasteiger partial charge in [0.25, 0.3) is 0 Å². The smallest absolute Gasteiger partial charge is 0.315 e. The van der Waals surface area contributed by atoms with Crippen LogP contribution in [0.25, 0.3) is 0 Å². The van der Waals surface area contributed by atoms with Gasteiger partial charge in [-0.3, -0.25) is 0 Å². The molecule has 0 saturated heterocycles. The zero-order chi connectivity index (χ0) is 15.6. The first kappa shape index (κ1) is 15.6. The van der Waals surface area contributed by atoms with E-state index in [4.69, 9.17) is 11.6 Å². The van der Waals surface area contributed by atoms with Gasteiger partial charge in [-0.05, 0) is 49.3 Å². The van der Waals surface area contributed by atoms with Gasteiger partial charge in [0.15, 0.2) is 0 Å². The number of aliphatic hydroxyl groups excluding tert-OH is 1. The van der Waals surface area contributed by atoms with Crippen molar-refractivity contribution in [3.05, 3.63) is 34.9 Å². The molecule has 1 aromatic carbocycles. The molecule has 0 radical (unpaired) electrons. The van der Waals surface area contributed by atoms with Crippen molar-refractivity contribution in [2.24, 2.45) is 11.3 Å². The van der Waals surface area contributed by atoms with E-state index in [1.165, 1.54) is 6.42 Å². The molecular formula is C17H23ClN2O2. The molecule has 2 aliphatic rings. The van der Waals surface area contributed by atoms with Crippen LogP contribution in [0.4, 0.5) is 4.79 Å². The summed E-state index contributed by atoms with van der Waals surface area (Å²) in [5, 5.41) is 16.0. The van der Waals surface area contributed by atoms with Crippen molar-refractivity contribution in [2.45, 2.75) is 38.1 Å². The number of hydrogen-bond donors (Lipinski definition) is 3. The minimum Gasteiger partial charge on any atom is -0.396 e. The van der Waals surface area contributed by atoms with Gasteiger partial charge in [0.2, 0.25) is 0 Å². The van der Waals surface area contributed by atoms with Crippen LogP contribution in [0.1, 0.15) is 43.7 Å². The molecule has 2 fully saturated rings. The van der Waals surface area contributed by atoms with Crippen molar-refractivity contribution in [2.75, 3.05) is 13.2 Å². The van der Waals surface area contributed by atoms with E-state index in [0.29, 0.717) is 17.5 Å². The zero-order valence-electron chi connectivity index (χ0n) is 12.6. The Labute approximate surface area is 136 Å². The number of carbonyl (C=O) groups excluding carboxylic acids is 1. The average Bonchev–Trinajstić information content (AvgIpc) is 3.24. The quantitative estimate of drug-likeness (QED) is 0.753. The van der Waals surface area contributed by atoms with E-state index in [1.807, 2.05) is 24.3 Å². The summed E-state index contributed by atoms with van der Waals surface area (Å²) in [4.78, 5) is 12.2. The van der Waals surface area contributed by atoms with Crippen LogP contribution >= 0.6 is 11.6 Å². The molecule has 0 heterocycles. The molecule has 0 aromatic heterocycles. The predicted octanol–water partition coefficient (Wildman–Crippen LogP) is 3.25. The van der Waals surface area contributed by atoms with Crippen molar-refractivity contribution >= 4 is 17.6 Å². The van der Waals surface area contributed by atoms with Crippen LogP contribution in [0.2, 0.25) is 5.02 Å². The van der Waals surface area contributed by atoms with E-state index < -0.39 is 0 Å². The van der Waals surface area contributed by atoms with E-state index in [1.54, 1.807) is 0 Å². The molecule has 2 saturated carbocycles. The molecule has 22 heavy (non-hydrogen) atoms. The van der Waals surface area contributed by atoms with Crippen LogP contribution in [-0.4, -0.2) is 24.3 Å². The van der Waals surface area contributed by atoms with Crippen molar-refractivity contribution < 1.29 is 9.90 Å². The third-order valence-corrected chi connectivity index (χ3v) is 5.31. The van der Waals surface area contributed by atoms with Gasteiger partial charge in [-0.1, -0.05) is 30.2 Å². The largest absolute Gasteiger partial charge is 0.396 e. The number of amides is 2. The van der Waals surface area contributed by atoms with Gasteiger partial charge in [-0.2, -0.15) is 0 Å². The van der Waals surface area contributed by atoms with Gasteiger partial charge in [-0.25, -0.2) is 4.79 Å². The van der Waals surface area contributed by atoms with Gasteiger partial charge in [0, 0.05) is 17.0 Å². The summed E-state index contributed by atoms with van der Waals surface area (Å²) in [6, 6.07) is 7.60. The van der Waals surface area contributed by atoms with Crippen molar-refractivity contribution in [3.63, 3.8) is 0 Å². The van der Waals surface area contributed by atoms with E-state index in [0.717, 1.165) is 31.2 Å². The fourth-order valence-electron chi connectivity index (χ4n) is 2.94. The van der Waals surface area contributed by atoms with Crippen LogP contribution in [0.3, 0.4) is 0 Å². The van der Waals surface area contributed by atoms with E-state index in [9.17, 15) is 9.90 Å². The standard InChI is InChI=1S/C17H23ClN2O2/c18-14-6-4-13(5-7-14)15(12-2-1-3-12)20-16(22)19-10-17(11-21)8-9-17/h4-7,12,15,21H,1-3,8-11H2,(H2,19,20,22). The highest BCUT2D eigenvalue weighted by atomic mass is 35.5. The first-order valence-electron chi connectivity index (χ1n) is 8.03. The molecule has 0 spiro atoms. The normalized spacial score (nSPS) is 20.8. The zero-order valence-corrected chi connectivity index (χ0v) is 13.4. The Bertz CT molecular complexity index is 524. The summed E-state index contributed by atoms with van der Waals surface area (Å²) >= 11 is 5.95. The molecule has 5 heteroatoms. The molecule has 4 nitrogen and oxygen atoms in total. The molecule has 0 bridgehead atoms. The lowest BCUT2D eigenvalue weighted by atomic mass is 9.77. The lowest BCUT2D eigenvalue weighted by molar-refractivity contribution is 0.193. The van der Waals surface area contributed by atoms with Crippen LogP contribution < -0.4 is 10.6 Å². The first-order valence-corrected chi connectivity index (χ1v) is 8.40. The number of urea groups is 1. The molecule has 1 unspecified atom stereocenters. The Hall–Kier alpha value is -1.26. The molecule has 0 aliphatic heterocycles. The predicted molar refractivity (Wildman–Crippen MR) is 86.8 cm³/mol. The monoisotopic (exact) mass is 322 g/mol. The number of rotatable bonds is 6. The highest BCUT2D eigenvalue weighted by molar-refractivity contribution is 6.30. The third-order valence-electron chi connectivity index (χ3n) is 5.05. The number of hydrogen-bond acceptors (Lipinski definition) is 2. The van der Waals surface area contributed by atoms with Gasteiger partial charge in [0.1, 0.15) is 0 Å². The van der Waals surface area contributed by atoms with Gasteiger partial charge < -0.3 is 15.7 Å². The lowest BCUT2D eigenvalue weighted by Crippen LogP contribution is -2.44. The summed E-state index contributed by atoms with van der Waals surface area (Å²) in [7, 11) is 0. The topological polar surface area (TPSA) is 61.4 Å². The molecule has 3 rings (SSSR count). The number of halogens is 1. The van der Waals surface area contributed by atoms with E-state index in [2.05, 4.69) is 10.6 Å². The lowest BCUT2D eigenvalue weighted by Gasteiger charge is -2.34. The minimum absolute atomic E-state index is 0.0373. The maximum Gasteiger partial charge on any atom is 0.315 e. The SMILES string of the molecule is O=C(NCC1(CO)CC1)NC(c1ccc(Cl)cc1)C1CCC1. The fraction of sp³-hybridized carbons (Fsp3) is 0.588. The Morgan fingerprint density at radius 1 is 1.32 bits per heavy atom. The van der Waals surface area contributed by atoms with Crippen LogP contribution in [0, 0.1) is 11.3 Å². The van der Waals surface area contributed by atoms with Crippen molar-refractivity contribution in [1.82, 2.24) is 10.6 Å². The molecule has 2 aliphatic carbocycles. The second-order valence-electron chi connectivity index (χ2n) is 6.71. The highest BCUT2D eigenvalue weighted by Crippen LogP contribution is 2.44. The molecule has 3 N–H and O–H groups in total. The third kappa shape index (κ3) is 3.55. The Morgan fingerprint density at radius 3 is 2.50 bits per heavy atom. The van der Waals surface area contributed by atoms with Crippen LogP contribution in [-0.2, 0) is 0 Å². The number of aliphatic hydroxyl groups is 1. The Balaban J connectivity index is 1.60. The van der Waals surface area contributed by atoms with E-state index in [-0.39, 0.29) is 24.1 Å². The number of nitrogens with one attached hydrogen (secondary N) is 2.